The Labute approximate surface area is 103 Å². The Morgan fingerprint density at radius 3 is 1.65 bits per heavy atom. The molecule has 2 N–H and O–H groups in total. The normalized spacial score (nSPS) is 36.7. The van der Waals surface area contributed by atoms with Gasteiger partial charge in [-0.05, 0) is 26.7 Å². The number of hydrogen-bond donors (Lipinski definition) is 2. The van der Waals surface area contributed by atoms with Crippen LogP contribution < -0.4 is 0 Å². The SMILES string of the molecule is CC1=CC[C@@](O)(C[C@@]2(O)C=CC(C)=CC2)C=C1. The molecular formula is C15H20O2. The summed E-state index contributed by atoms with van der Waals surface area (Å²) in [4.78, 5) is 0. The van der Waals surface area contributed by atoms with Crippen LogP contribution in [0.15, 0.2) is 47.6 Å². The summed E-state index contributed by atoms with van der Waals surface area (Å²) in [5.41, 5.74) is 0.489. The molecule has 0 saturated heterocycles. The average Bonchev–Trinajstić information content (AvgIpc) is 2.28. The zero-order valence-corrected chi connectivity index (χ0v) is 10.5. The van der Waals surface area contributed by atoms with Crippen LogP contribution in [0.3, 0.4) is 0 Å². The van der Waals surface area contributed by atoms with Crippen LogP contribution in [-0.4, -0.2) is 21.4 Å². The van der Waals surface area contributed by atoms with Crippen molar-refractivity contribution in [1.82, 2.24) is 0 Å². The molecule has 0 aromatic heterocycles. The fourth-order valence-corrected chi connectivity index (χ4v) is 2.31. The smallest absolute Gasteiger partial charge is 0.0895 e. The third kappa shape index (κ3) is 2.96. The summed E-state index contributed by atoms with van der Waals surface area (Å²) in [6.07, 6.45) is 13.0. The summed E-state index contributed by atoms with van der Waals surface area (Å²) in [5, 5.41) is 20.9. The van der Waals surface area contributed by atoms with Crippen LogP contribution in [0.25, 0.3) is 0 Å². The van der Waals surface area contributed by atoms with Gasteiger partial charge in [0.25, 0.3) is 0 Å². The van der Waals surface area contributed by atoms with E-state index in [9.17, 15) is 10.2 Å². The fraction of sp³-hybridized carbons (Fsp3) is 0.467. The molecule has 0 saturated carbocycles. The van der Waals surface area contributed by atoms with Crippen LogP contribution >= 0.6 is 0 Å². The largest absolute Gasteiger partial charge is 0.385 e. The monoisotopic (exact) mass is 232 g/mol. The second-order valence-corrected chi connectivity index (χ2v) is 5.36. The summed E-state index contributed by atoms with van der Waals surface area (Å²) >= 11 is 0. The van der Waals surface area contributed by atoms with Crippen LogP contribution in [0.2, 0.25) is 0 Å². The van der Waals surface area contributed by atoms with Gasteiger partial charge in [0.15, 0.2) is 0 Å². The highest BCUT2D eigenvalue weighted by atomic mass is 16.3. The maximum absolute atomic E-state index is 10.4. The highest BCUT2D eigenvalue weighted by Gasteiger charge is 2.36. The first-order valence-electron chi connectivity index (χ1n) is 6.08. The molecule has 0 amide bonds. The lowest BCUT2D eigenvalue weighted by Crippen LogP contribution is -2.40. The molecule has 0 heterocycles. The van der Waals surface area contributed by atoms with Crippen molar-refractivity contribution in [3.8, 4) is 0 Å². The number of aliphatic hydroxyl groups is 2. The molecule has 2 aliphatic rings. The van der Waals surface area contributed by atoms with Gasteiger partial charge < -0.3 is 10.2 Å². The molecule has 0 unspecified atom stereocenters. The van der Waals surface area contributed by atoms with Gasteiger partial charge in [0, 0.05) is 6.42 Å². The molecule has 0 fully saturated rings. The van der Waals surface area contributed by atoms with Gasteiger partial charge in [-0.1, -0.05) is 47.6 Å². The first-order valence-corrected chi connectivity index (χ1v) is 6.08. The van der Waals surface area contributed by atoms with Gasteiger partial charge in [0.05, 0.1) is 11.2 Å². The number of rotatable bonds is 2. The molecule has 92 valence electrons. The van der Waals surface area contributed by atoms with Gasteiger partial charge in [-0.3, -0.25) is 0 Å². The third-order valence-electron chi connectivity index (χ3n) is 3.48. The summed E-state index contributed by atoms with van der Waals surface area (Å²) < 4.78 is 0. The zero-order valence-electron chi connectivity index (χ0n) is 10.5. The van der Waals surface area contributed by atoms with Crippen molar-refractivity contribution in [2.75, 3.05) is 0 Å². The maximum atomic E-state index is 10.4. The quantitative estimate of drug-likeness (QED) is 0.768. The van der Waals surface area contributed by atoms with Gasteiger partial charge in [0.2, 0.25) is 0 Å². The molecule has 0 radical (unpaired) electrons. The lowest BCUT2D eigenvalue weighted by molar-refractivity contribution is -0.0105. The predicted octanol–water partition coefficient (Wildman–Crippen LogP) is 2.65. The van der Waals surface area contributed by atoms with Gasteiger partial charge in [-0.25, -0.2) is 0 Å². The summed E-state index contributed by atoms with van der Waals surface area (Å²) in [7, 11) is 0. The molecular weight excluding hydrogens is 212 g/mol. The number of hydrogen-bond acceptors (Lipinski definition) is 2. The van der Waals surface area contributed by atoms with Crippen molar-refractivity contribution in [3.05, 3.63) is 47.6 Å². The molecule has 2 aliphatic carbocycles. The Balaban J connectivity index is 2.07. The topological polar surface area (TPSA) is 40.5 Å². The van der Waals surface area contributed by atoms with E-state index < -0.39 is 11.2 Å². The Morgan fingerprint density at radius 2 is 1.35 bits per heavy atom. The maximum Gasteiger partial charge on any atom is 0.0895 e. The van der Waals surface area contributed by atoms with Crippen LogP contribution in [0, 0.1) is 0 Å². The molecule has 17 heavy (non-hydrogen) atoms. The van der Waals surface area contributed by atoms with Crippen molar-refractivity contribution in [3.63, 3.8) is 0 Å². The lowest BCUT2D eigenvalue weighted by Gasteiger charge is -2.35. The molecule has 2 heteroatoms. The molecule has 0 bridgehead atoms. The van der Waals surface area contributed by atoms with E-state index in [4.69, 9.17) is 0 Å². The van der Waals surface area contributed by atoms with E-state index in [-0.39, 0.29) is 0 Å². The van der Waals surface area contributed by atoms with E-state index >= 15 is 0 Å². The Bertz CT molecular complexity index is 388. The Hall–Kier alpha value is -1.12. The van der Waals surface area contributed by atoms with Crippen LogP contribution in [-0.2, 0) is 0 Å². The van der Waals surface area contributed by atoms with Crippen molar-refractivity contribution < 1.29 is 10.2 Å². The van der Waals surface area contributed by atoms with Gasteiger partial charge in [0.1, 0.15) is 0 Å². The van der Waals surface area contributed by atoms with Crippen LogP contribution in [0.1, 0.15) is 33.1 Å². The van der Waals surface area contributed by atoms with Crippen LogP contribution in [0.5, 0.6) is 0 Å². The minimum absolute atomic E-state index is 0.348. The highest BCUT2D eigenvalue weighted by molar-refractivity contribution is 5.30. The van der Waals surface area contributed by atoms with Crippen LogP contribution in [0.4, 0.5) is 0 Å². The molecule has 0 aromatic carbocycles. The minimum atomic E-state index is -0.919. The van der Waals surface area contributed by atoms with Gasteiger partial charge in [-0.2, -0.15) is 0 Å². The van der Waals surface area contributed by atoms with E-state index in [0.717, 1.165) is 11.1 Å². The first kappa shape index (κ1) is 12.3. The Morgan fingerprint density at radius 1 is 0.941 bits per heavy atom. The molecule has 2 atom stereocenters. The van der Waals surface area contributed by atoms with Crippen molar-refractivity contribution in [1.29, 1.82) is 0 Å². The summed E-state index contributed by atoms with van der Waals surface area (Å²) in [6.45, 7) is 4.02. The van der Waals surface area contributed by atoms with E-state index in [2.05, 4.69) is 0 Å². The average molecular weight is 232 g/mol. The van der Waals surface area contributed by atoms with Crippen molar-refractivity contribution >= 4 is 0 Å². The van der Waals surface area contributed by atoms with E-state index in [0.29, 0.717) is 19.3 Å². The second-order valence-electron chi connectivity index (χ2n) is 5.36. The van der Waals surface area contributed by atoms with Gasteiger partial charge >= 0.3 is 0 Å². The molecule has 0 spiro atoms. The van der Waals surface area contributed by atoms with Gasteiger partial charge in [-0.15, -0.1) is 0 Å². The molecule has 0 aliphatic heterocycles. The summed E-state index contributed by atoms with van der Waals surface area (Å²) in [6, 6.07) is 0. The minimum Gasteiger partial charge on any atom is -0.385 e. The Kier molecular flexibility index (Phi) is 3.11. The predicted molar refractivity (Wildman–Crippen MR) is 69.5 cm³/mol. The fourth-order valence-electron chi connectivity index (χ4n) is 2.31. The first-order chi connectivity index (χ1) is 7.91. The molecule has 2 rings (SSSR count). The van der Waals surface area contributed by atoms with Crippen molar-refractivity contribution in [2.24, 2.45) is 0 Å². The van der Waals surface area contributed by atoms with Crippen molar-refractivity contribution in [2.45, 2.75) is 44.3 Å². The standard InChI is InChI=1S/C15H20O2/c1-12-3-7-14(16,8-4-12)11-15(17)9-5-13(2)6-10-15/h3-7,9,16-17H,8,10-11H2,1-2H3/t14-,15-/m1/s1. The highest BCUT2D eigenvalue weighted by Crippen LogP contribution is 2.34. The van der Waals surface area contributed by atoms with E-state index in [1.807, 2.05) is 38.2 Å². The second kappa shape index (κ2) is 4.28. The number of allylic oxidation sites excluding steroid dienone is 4. The van der Waals surface area contributed by atoms with E-state index in [1.54, 1.807) is 12.2 Å². The molecule has 0 aromatic rings. The summed E-state index contributed by atoms with van der Waals surface area (Å²) in [5.74, 6) is 0. The molecule has 2 nitrogen and oxygen atoms in total. The zero-order chi connectivity index (χ0) is 12.5. The lowest BCUT2D eigenvalue weighted by atomic mass is 9.78. The van der Waals surface area contributed by atoms with E-state index in [1.165, 1.54) is 0 Å². The third-order valence-corrected chi connectivity index (χ3v) is 3.48.